The number of benzene rings is 4. The lowest BCUT2D eigenvalue weighted by molar-refractivity contribution is -0.137. The van der Waals surface area contributed by atoms with Crippen LogP contribution in [-0.2, 0) is 22.3 Å². The van der Waals surface area contributed by atoms with Crippen molar-refractivity contribution < 1.29 is 32.2 Å². The molecule has 1 heterocycles. The fourth-order valence-electron chi connectivity index (χ4n) is 4.62. The van der Waals surface area contributed by atoms with Gasteiger partial charge in [-0.05, 0) is 59.7 Å². The molecule has 5 nitrogen and oxygen atoms in total. The molecule has 0 fully saturated rings. The van der Waals surface area contributed by atoms with Crippen molar-refractivity contribution in [2.75, 3.05) is 12.0 Å². The Balaban J connectivity index is 1.64. The summed E-state index contributed by atoms with van der Waals surface area (Å²) in [5.41, 5.74) is 1.14. The Kier molecular flexibility index (Phi) is 7.42. The number of hydrogen-bond donors (Lipinski definition) is 0. The topological polar surface area (TPSA) is 55.8 Å². The van der Waals surface area contributed by atoms with Crippen LogP contribution in [0.3, 0.4) is 0 Å². The van der Waals surface area contributed by atoms with Gasteiger partial charge in [0.2, 0.25) is 0 Å². The smallest absolute Gasteiger partial charge is 0.416 e. The summed E-state index contributed by atoms with van der Waals surface area (Å²) in [4.78, 5) is 29.4. The zero-order valence-electron chi connectivity index (χ0n) is 21.4. The fraction of sp³-hybridized carbons (Fsp3) is 0.125. The van der Waals surface area contributed by atoms with Gasteiger partial charge in [-0.15, -0.1) is 0 Å². The molecule has 1 aliphatic heterocycles. The number of carbonyl (C=O) groups excluding carboxylic acids is 2. The van der Waals surface area contributed by atoms with Crippen molar-refractivity contribution >= 4 is 17.4 Å². The van der Waals surface area contributed by atoms with Crippen LogP contribution in [0.25, 0.3) is 0 Å². The number of Topliss-reactive ketones (excluding diaryl/α,β-unsaturated/α-hetero) is 1. The summed E-state index contributed by atoms with van der Waals surface area (Å²) in [5.74, 6) is -0.665. The monoisotopic (exact) mass is 543 g/mol. The molecule has 40 heavy (non-hydrogen) atoms. The summed E-state index contributed by atoms with van der Waals surface area (Å²) in [6.07, 6.45) is -4.54. The zero-order valence-corrected chi connectivity index (χ0v) is 21.4. The molecule has 0 bridgehead atoms. The third kappa shape index (κ3) is 5.33. The molecule has 5 rings (SSSR count). The molecule has 1 atom stereocenters. The SMILES string of the molecule is COc1ccc(C(=O)C2=C(OCc3ccccc3)C(=O)N(c3ccc(C(F)(F)F)cc3)C2c2ccccc2)cc1. The molecule has 8 heteroatoms. The van der Waals surface area contributed by atoms with E-state index in [9.17, 15) is 22.8 Å². The highest BCUT2D eigenvalue weighted by Gasteiger charge is 2.46. The number of carbonyl (C=O) groups is 2. The van der Waals surface area contributed by atoms with Crippen molar-refractivity contribution in [2.24, 2.45) is 0 Å². The van der Waals surface area contributed by atoms with Gasteiger partial charge in [0.25, 0.3) is 5.91 Å². The van der Waals surface area contributed by atoms with Gasteiger partial charge < -0.3 is 9.47 Å². The molecule has 0 aliphatic carbocycles. The normalized spacial score (nSPS) is 15.3. The minimum atomic E-state index is -4.54. The van der Waals surface area contributed by atoms with E-state index >= 15 is 0 Å². The van der Waals surface area contributed by atoms with Crippen molar-refractivity contribution in [3.63, 3.8) is 0 Å². The Labute approximate surface area is 229 Å². The van der Waals surface area contributed by atoms with E-state index < -0.39 is 29.5 Å². The van der Waals surface area contributed by atoms with Gasteiger partial charge in [-0.2, -0.15) is 13.2 Å². The first-order valence-electron chi connectivity index (χ1n) is 12.4. The Morgan fingerprint density at radius 2 is 1.43 bits per heavy atom. The van der Waals surface area contributed by atoms with Gasteiger partial charge in [0.1, 0.15) is 12.4 Å². The summed E-state index contributed by atoms with van der Waals surface area (Å²) in [6.45, 7) is 0.0175. The van der Waals surface area contributed by atoms with Crippen LogP contribution in [0.5, 0.6) is 5.75 Å². The molecule has 4 aromatic carbocycles. The standard InChI is InChI=1S/C32H24F3NO4/c1-39-26-18-12-23(13-19-26)29(37)27-28(22-10-6-3-7-11-22)36(25-16-14-24(15-17-25)32(33,34)35)31(38)30(27)40-20-21-8-4-2-5-9-21/h2-19,28H,20H2,1H3. The average molecular weight is 544 g/mol. The molecule has 0 saturated carbocycles. The van der Waals surface area contributed by atoms with E-state index in [0.717, 1.165) is 17.7 Å². The van der Waals surface area contributed by atoms with Crippen molar-refractivity contribution in [2.45, 2.75) is 18.8 Å². The van der Waals surface area contributed by atoms with Gasteiger partial charge in [0.15, 0.2) is 11.5 Å². The second-order valence-electron chi connectivity index (χ2n) is 9.11. The van der Waals surface area contributed by atoms with E-state index in [2.05, 4.69) is 0 Å². The molecule has 202 valence electrons. The molecule has 1 amide bonds. The number of halogens is 3. The third-order valence-corrected chi connectivity index (χ3v) is 6.60. The number of rotatable bonds is 8. The van der Waals surface area contributed by atoms with Crippen molar-refractivity contribution in [1.29, 1.82) is 0 Å². The van der Waals surface area contributed by atoms with E-state index in [-0.39, 0.29) is 23.6 Å². The van der Waals surface area contributed by atoms with E-state index in [1.54, 1.807) is 54.6 Å². The fourth-order valence-corrected chi connectivity index (χ4v) is 4.62. The lowest BCUT2D eigenvalue weighted by Crippen LogP contribution is -2.31. The highest BCUT2D eigenvalue weighted by atomic mass is 19.4. The van der Waals surface area contributed by atoms with E-state index in [4.69, 9.17) is 9.47 Å². The minimum absolute atomic E-state index is 0.0175. The van der Waals surface area contributed by atoms with Gasteiger partial charge in [0.05, 0.1) is 24.3 Å². The first kappa shape index (κ1) is 26.7. The van der Waals surface area contributed by atoms with Gasteiger partial charge in [-0.3, -0.25) is 14.5 Å². The lowest BCUT2D eigenvalue weighted by Gasteiger charge is -2.27. The summed E-state index contributed by atoms with van der Waals surface area (Å²) >= 11 is 0. The molecule has 0 saturated heterocycles. The molecular weight excluding hydrogens is 519 g/mol. The maximum absolute atomic E-state index is 14.1. The van der Waals surface area contributed by atoms with E-state index in [0.29, 0.717) is 16.9 Å². The first-order chi connectivity index (χ1) is 19.3. The number of alkyl halides is 3. The molecule has 1 aliphatic rings. The molecule has 0 spiro atoms. The van der Waals surface area contributed by atoms with Crippen LogP contribution in [0.1, 0.15) is 33.1 Å². The number of ether oxygens (including phenoxy) is 2. The first-order valence-corrected chi connectivity index (χ1v) is 12.4. The van der Waals surface area contributed by atoms with Crippen LogP contribution in [0.15, 0.2) is 121 Å². The molecule has 1 unspecified atom stereocenters. The molecule has 0 aromatic heterocycles. The van der Waals surface area contributed by atoms with Crippen molar-refractivity contribution in [3.05, 3.63) is 143 Å². The van der Waals surface area contributed by atoms with Crippen molar-refractivity contribution in [1.82, 2.24) is 0 Å². The summed E-state index contributed by atoms with van der Waals surface area (Å²) in [5, 5.41) is 0. The van der Waals surface area contributed by atoms with Crippen LogP contribution in [0.2, 0.25) is 0 Å². The number of methoxy groups -OCH3 is 1. The van der Waals surface area contributed by atoms with E-state index in [1.807, 2.05) is 30.3 Å². The average Bonchev–Trinajstić information content (AvgIpc) is 3.28. The maximum atomic E-state index is 14.1. The maximum Gasteiger partial charge on any atom is 0.416 e. The second-order valence-corrected chi connectivity index (χ2v) is 9.11. The Bertz CT molecular complexity index is 1530. The van der Waals surface area contributed by atoms with Gasteiger partial charge in [-0.1, -0.05) is 60.7 Å². The highest BCUT2D eigenvalue weighted by Crippen LogP contribution is 2.44. The summed E-state index contributed by atoms with van der Waals surface area (Å²) < 4.78 is 51.1. The Morgan fingerprint density at radius 1 is 0.825 bits per heavy atom. The predicted octanol–water partition coefficient (Wildman–Crippen LogP) is 7.16. The van der Waals surface area contributed by atoms with Gasteiger partial charge >= 0.3 is 6.18 Å². The van der Waals surface area contributed by atoms with E-state index in [1.165, 1.54) is 24.1 Å². The number of amides is 1. The van der Waals surface area contributed by atoms with Crippen LogP contribution in [0.4, 0.5) is 18.9 Å². The largest absolute Gasteiger partial charge is 0.497 e. The number of nitrogens with zero attached hydrogens (tertiary/aromatic N) is 1. The van der Waals surface area contributed by atoms with Crippen LogP contribution >= 0.6 is 0 Å². The summed E-state index contributed by atoms with van der Waals surface area (Å²) in [7, 11) is 1.51. The van der Waals surface area contributed by atoms with Crippen LogP contribution < -0.4 is 9.64 Å². The number of anilines is 1. The Hall–Kier alpha value is -4.85. The quantitative estimate of drug-likeness (QED) is 0.222. The lowest BCUT2D eigenvalue weighted by atomic mass is 9.92. The number of ketones is 1. The van der Waals surface area contributed by atoms with Crippen LogP contribution in [0, 0.1) is 0 Å². The Morgan fingerprint density at radius 3 is 2.00 bits per heavy atom. The summed E-state index contributed by atoms with van der Waals surface area (Å²) in [6, 6.07) is 27.8. The molecule has 0 radical (unpaired) electrons. The zero-order chi connectivity index (χ0) is 28.3. The molecular formula is C32H24F3NO4. The van der Waals surface area contributed by atoms with Gasteiger partial charge in [-0.25, -0.2) is 0 Å². The molecule has 4 aromatic rings. The second kappa shape index (κ2) is 11.1. The number of hydrogen-bond acceptors (Lipinski definition) is 4. The van der Waals surface area contributed by atoms with Gasteiger partial charge in [0, 0.05) is 11.3 Å². The van der Waals surface area contributed by atoms with Crippen molar-refractivity contribution in [3.8, 4) is 5.75 Å². The minimum Gasteiger partial charge on any atom is -0.497 e. The van der Waals surface area contributed by atoms with Crippen LogP contribution in [-0.4, -0.2) is 18.8 Å². The molecule has 0 N–H and O–H groups in total. The highest BCUT2D eigenvalue weighted by molar-refractivity contribution is 6.21. The predicted molar refractivity (Wildman–Crippen MR) is 144 cm³/mol. The third-order valence-electron chi connectivity index (χ3n) is 6.60.